The quantitative estimate of drug-likeness (QED) is 0.464. The van der Waals surface area contributed by atoms with Gasteiger partial charge in [0.2, 0.25) is 0 Å². The Morgan fingerprint density at radius 2 is 1.52 bits per heavy atom. The molecular weight excluding hydrogens is 360 g/mol. The molecule has 3 rings (SSSR count). The van der Waals surface area contributed by atoms with Gasteiger partial charge in [0.05, 0.1) is 6.10 Å². The molecule has 0 aliphatic carbocycles. The number of hydrogen-bond donors (Lipinski definition) is 2. The summed E-state index contributed by atoms with van der Waals surface area (Å²) in [4.78, 5) is 0. The predicted octanol–water partition coefficient (Wildman–Crippen LogP) is 5.76. The smallest absolute Gasteiger partial charge is 0.119 e. The maximum atomic E-state index is 10.2. The molecular formula is C26H28O3. The minimum absolute atomic E-state index is 0.272. The van der Waals surface area contributed by atoms with Crippen LogP contribution in [0.2, 0.25) is 0 Å². The Bertz CT molecular complexity index is 868. The van der Waals surface area contributed by atoms with Crippen molar-refractivity contribution >= 4 is 6.08 Å². The first-order valence-electron chi connectivity index (χ1n) is 10.1. The van der Waals surface area contributed by atoms with Crippen molar-refractivity contribution in [3.05, 3.63) is 102 Å². The normalized spacial score (nSPS) is 12.2. The Kier molecular flexibility index (Phi) is 7.90. The first kappa shape index (κ1) is 20.7. The number of aliphatic hydroxyl groups excluding tert-OH is 1. The van der Waals surface area contributed by atoms with E-state index >= 15 is 0 Å². The second-order valence-corrected chi connectivity index (χ2v) is 7.18. The van der Waals surface area contributed by atoms with Crippen LogP contribution in [0.1, 0.15) is 36.0 Å². The Morgan fingerprint density at radius 3 is 2.24 bits per heavy atom. The third kappa shape index (κ3) is 7.47. The summed E-state index contributed by atoms with van der Waals surface area (Å²) in [6.45, 7) is 0.566. The highest BCUT2D eigenvalue weighted by Crippen LogP contribution is 2.17. The Labute approximate surface area is 172 Å². The summed E-state index contributed by atoms with van der Waals surface area (Å²) in [7, 11) is 0. The zero-order valence-electron chi connectivity index (χ0n) is 16.6. The number of allylic oxidation sites excluding steroid dienone is 1. The maximum Gasteiger partial charge on any atom is 0.119 e. The van der Waals surface area contributed by atoms with Gasteiger partial charge in [-0.05, 0) is 66.6 Å². The van der Waals surface area contributed by atoms with Gasteiger partial charge in [-0.3, -0.25) is 0 Å². The average molecular weight is 389 g/mol. The van der Waals surface area contributed by atoms with Gasteiger partial charge in [0.1, 0.15) is 18.1 Å². The van der Waals surface area contributed by atoms with Gasteiger partial charge in [-0.25, -0.2) is 0 Å². The summed E-state index contributed by atoms with van der Waals surface area (Å²) < 4.78 is 5.81. The lowest BCUT2D eigenvalue weighted by atomic mass is 10.0. The molecule has 0 spiro atoms. The predicted molar refractivity (Wildman–Crippen MR) is 118 cm³/mol. The lowest BCUT2D eigenvalue weighted by Crippen LogP contribution is -2.07. The number of phenolic OH excluding ortho intramolecular Hbond substituents is 1. The summed E-state index contributed by atoms with van der Waals surface area (Å²) in [5.41, 5.74) is 3.40. The summed E-state index contributed by atoms with van der Waals surface area (Å²) >= 11 is 0. The summed E-state index contributed by atoms with van der Waals surface area (Å²) in [5.74, 6) is 1.13. The molecule has 1 atom stereocenters. The number of benzene rings is 3. The van der Waals surface area contributed by atoms with Crippen molar-refractivity contribution in [1.29, 1.82) is 0 Å². The highest BCUT2D eigenvalue weighted by Gasteiger charge is 2.04. The zero-order valence-corrected chi connectivity index (χ0v) is 16.6. The van der Waals surface area contributed by atoms with Gasteiger partial charge in [-0.15, -0.1) is 0 Å². The molecule has 0 heterocycles. The second-order valence-electron chi connectivity index (χ2n) is 7.18. The fourth-order valence-corrected chi connectivity index (χ4v) is 3.06. The number of rotatable bonds is 10. The van der Waals surface area contributed by atoms with Crippen LogP contribution in [-0.4, -0.2) is 16.3 Å². The van der Waals surface area contributed by atoms with E-state index in [2.05, 4.69) is 30.3 Å². The Balaban J connectivity index is 1.35. The van der Waals surface area contributed by atoms with E-state index in [1.807, 2.05) is 48.5 Å². The van der Waals surface area contributed by atoms with E-state index in [0.717, 1.165) is 42.6 Å². The Hall–Kier alpha value is -3.04. The van der Waals surface area contributed by atoms with Crippen LogP contribution in [0.5, 0.6) is 11.5 Å². The zero-order chi connectivity index (χ0) is 20.3. The SMILES string of the molecule is Oc1ccc(/C=C/CC[C@@H](O)CCc2ccc(OCc3ccccc3)cc2)cc1. The van der Waals surface area contributed by atoms with Crippen LogP contribution in [0.25, 0.3) is 6.08 Å². The third-order valence-electron chi connectivity index (χ3n) is 4.81. The van der Waals surface area contributed by atoms with Crippen LogP contribution in [0, 0.1) is 0 Å². The van der Waals surface area contributed by atoms with E-state index in [4.69, 9.17) is 4.74 Å². The molecule has 150 valence electrons. The van der Waals surface area contributed by atoms with E-state index in [-0.39, 0.29) is 11.9 Å². The molecule has 0 saturated carbocycles. The van der Waals surface area contributed by atoms with Crippen LogP contribution in [0.4, 0.5) is 0 Å². The van der Waals surface area contributed by atoms with Crippen molar-refractivity contribution in [3.8, 4) is 11.5 Å². The molecule has 3 nitrogen and oxygen atoms in total. The molecule has 29 heavy (non-hydrogen) atoms. The highest BCUT2D eigenvalue weighted by molar-refractivity contribution is 5.50. The first-order valence-corrected chi connectivity index (χ1v) is 10.1. The molecule has 0 amide bonds. The number of aliphatic hydroxyl groups is 1. The number of aryl methyl sites for hydroxylation is 1. The minimum Gasteiger partial charge on any atom is -0.508 e. The summed E-state index contributed by atoms with van der Waals surface area (Å²) in [6, 6.07) is 25.3. The van der Waals surface area contributed by atoms with Crippen molar-refractivity contribution in [1.82, 2.24) is 0 Å². The van der Waals surface area contributed by atoms with Crippen molar-refractivity contribution in [2.75, 3.05) is 0 Å². The number of hydrogen-bond acceptors (Lipinski definition) is 3. The summed E-state index contributed by atoms with van der Waals surface area (Å²) in [5, 5.41) is 19.5. The van der Waals surface area contributed by atoms with Gasteiger partial charge in [0.15, 0.2) is 0 Å². The Morgan fingerprint density at radius 1 is 0.793 bits per heavy atom. The molecule has 0 fully saturated rings. The molecule has 0 aliphatic rings. The molecule has 3 aromatic carbocycles. The fourth-order valence-electron chi connectivity index (χ4n) is 3.06. The van der Waals surface area contributed by atoms with Crippen molar-refractivity contribution in [2.24, 2.45) is 0 Å². The number of ether oxygens (including phenoxy) is 1. The van der Waals surface area contributed by atoms with Crippen molar-refractivity contribution in [3.63, 3.8) is 0 Å². The topological polar surface area (TPSA) is 49.7 Å². The van der Waals surface area contributed by atoms with Gasteiger partial charge in [-0.2, -0.15) is 0 Å². The standard InChI is InChI=1S/C26H28O3/c27-24(9-5-4-6-21-10-16-25(28)17-11-21)15-12-22-13-18-26(19-14-22)29-20-23-7-2-1-3-8-23/h1-4,6-8,10-11,13-14,16-19,24,27-28H,5,9,12,15,20H2/b6-4+/t24-/m1/s1. The van der Waals surface area contributed by atoms with Gasteiger partial charge in [0.25, 0.3) is 0 Å². The second kappa shape index (κ2) is 11.1. The molecule has 0 aromatic heterocycles. The molecule has 0 radical (unpaired) electrons. The van der Waals surface area contributed by atoms with Crippen LogP contribution in [-0.2, 0) is 13.0 Å². The average Bonchev–Trinajstić information content (AvgIpc) is 2.76. The largest absolute Gasteiger partial charge is 0.508 e. The molecule has 0 bridgehead atoms. The number of phenols is 1. The van der Waals surface area contributed by atoms with Gasteiger partial charge in [0, 0.05) is 0 Å². The summed E-state index contributed by atoms with van der Waals surface area (Å²) in [6.07, 6.45) is 6.93. The van der Waals surface area contributed by atoms with Gasteiger partial charge in [-0.1, -0.05) is 66.7 Å². The van der Waals surface area contributed by atoms with Crippen LogP contribution in [0.3, 0.4) is 0 Å². The van der Waals surface area contributed by atoms with Crippen molar-refractivity contribution in [2.45, 2.75) is 38.4 Å². The van der Waals surface area contributed by atoms with Crippen LogP contribution >= 0.6 is 0 Å². The van der Waals surface area contributed by atoms with Gasteiger partial charge >= 0.3 is 0 Å². The molecule has 2 N–H and O–H groups in total. The molecule has 3 heteroatoms. The lowest BCUT2D eigenvalue weighted by molar-refractivity contribution is 0.156. The van der Waals surface area contributed by atoms with Gasteiger partial charge < -0.3 is 14.9 Å². The van der Waals surface area contributed by atoms with Crippen LogP contribution < -0.4 is 4.74 Å². The minimum atomic E-state index is -0.312. The molecule has 0 saturated heterocycles. The van der Waals surface area contributed by atoms with E-state index in [1.54, 1.807) is 12.1 Å². The highest BCUT2D eigenvalue weighted by atomic mass is 16.5. The maximum absolute atomic E-state index is 10.2. The number of aromatic hydroxyl groups is 1. The van der Waals surface area contributed by atoms with E-state index < -0.39 is 0 Å². The van der Waals surface area contributed by atoms with Crippen LogP contribution in [0.15, 0.2) is 84.9 Å². The molecule has 0 unspecified atom stereocenters. The van der Waals surface area contributed by atoms with E-state index in [9.17, 15) is 10.2 Å². The monoisotopic (exact) mass is 388 g/mol. The van der Waals surface area contributed by atoms with E-state index in [0.29, 0.717) is 6.61 Å². The fraction of sp³-hybridized carbons (Fsp3) is 0.231. The van der Waals surface area contributed by atoms with E-state index in [1.165, 1.54) is 5.56 Å². The lowest BCUT2D eigenvalue weighted by Gasteiger charge is -2.10. The molecule has 0 aliphatic heterocycles. The molecule has 3 aromatic rings. The third-order valence-corrected chi connectivity index (χ3v) is 4.81. The van der Waals surface area contributed by atoms with Crippen molar-refractivity contribution < 1.29 is 14.9 Å². The first-order chi connectivity index (χ1) is 14.2.